The Hall–Kier alpha value is -2.79. The van der Waals surface area contributed by atoms with Crippen molar-refractivity contribution in [2.75, 3.05) is 5.32 Å². The molecule has 0 aliphatic heterocycles. The zero-order valence-corrected chi connectivity index (χ0v) is 14.8. The third-order valence-corrected chi connectivity index (χ3v) is 4.32. The highest BCUT2D eigenvalue weighted by Gasteiger charge is 2.16. The number of anilines is 2. The molecule has 128 valence electrons. The van der Waals surface area contributed by atoms with Gasteiger partial charge in [-0.15, -0.1) is 0 Å². The molecule has 1 heterocycles. The molecule has 0 fully saturated rings. The number of halogens is 1. The quantitative estimate of drug-likeness (QED) is 0.658. The lowest BCUT2D eigenvalue weighted by Gasteiger charge is -2.15. The minimum atomic E-state index is -0.996. The predicted molar refractivity (Wildman–Crippen MR) is 97.8 cm³/mol. The lowest BCUT2D eigenvalue weighted by Crippen LogP contribution is -2.03. The standard InChI is InChI=1S/C19H17ClN2O3/c1-10-8-13(17-11(2)22-25-12(17)3)9-15(20)18(10)21-16-7-5-4-6-14(16)19(23)24/h4-9,21H,1-3H3,(H,23,24). The molecule has 2 aromatic carbocycles. The monoisotopic (exact) mass is 356 g/mol. The first-order chi connectivity index (χ1) is 11.9. The van der Waals surface area contributed by atoms with Crippen molar-refractivity contribution in [1.82, 2.24) is 5.16 Å². The van der Waals surface area contributed by atoms with Crippen LogP contribution in [-0.2, 0) is 0 Å². The number of hydrogen-bond donors (Lipinski definition) is 2. The molecule has 0 aliphatic rings. The second kappa shape index (κ2) is 6.61. The second-order valence-electron chi connectivity index (χ2n) is 5.82. The van der Waals surface area contributed by atoms with Gasteiger partial charge >= 0.3 is 5.97 Å². The number of nitrogens with zero attached hydrogens (tertiary/aromatic N) is 1. The van der Waals surface area contributed by atoms with Crippen LogP contribution in [0.2, 0.25) is 5.02 Å². The fraction of sp³-hybridized carbons (Fsp3) is 0.158. The highest BCUT2D eigenvalue weighted by molar-refractivity contribution is 6.34. The van der Waals surface area contributed by atoms with Crippen molar-refractivity contribution in [3.8, 4) is 11.1 Å². The maximum Gasteiger partial charge on any atom is 0.337 e. The summed E-state index contributed by atoms with van der Waals surface area (Å²) in [6.45, 7) is 5.65. The maximum absolute atomic E-state index is 11.4. The number of hydrogen-bond acceptors (Lipinski definition) is 4. The molecule has 0 atom stereocenters. The molecule has 0 saturated heterocycles. The Balaban J connectivity index is 2.04. The number of benzene rings is 2. The number of carbonyl (C=O) groups is 1. The van der Waals surface area contributed by atoms with E-state index < -0.39 is 5.97 Å². The van der Waals surface area contributed by atoms with Crippen molar-refractivity contribution in [2.45, 2.75) is 20.8 Å². The minimum absolute atomic E-state index is 0.188. The van der Waals surface area contributed by atoms with Gasteiger partial charge in [-0.25, -0.2) is 4.79 Å². The topological polar surface area (TPSA) is 75.4 Å². The van der Waals surface area contributed by atoms with Gasteiger partial charge in [0.15, 0.2) is 0 Å². The van der Waals surface area contributed by atoms with E-state index in [0.717, 1.165) is 28.1 Å². The molecule has 0 radical (unpaired) electrons. The molecule has 2 N–H and O–H groups in total. The predicted octanol–water partition coefficient (Wildman–Crippen LogP) is 5.36. The van der Waals surface area contributed by atoms with Crippen molar-refractivity contribution in [3.63, 3.8) is 0 Å². The molecule has 0 aliphatic carbocycles. The van der Waals surface area contributed by atoms with Gasteiger partial charge in [0.05, 0.1) is 27.7 Å². The molecule has 0 spiro atoms. The fourth-order valence-corrected chi connectivity index (χ4v) is 3.17. The molecule has 3 aromatic rings. The SMILES string of the molecule is Cc1cc(-c2c(C)noc2C)cc(Cl)c1Nc1ccccc1C(=O)O. The molecule has 0 unspecified atom stereocenters. The van der Waals surface area contributed by atoms with Crippen LogP contribution in [0.15, 0.2) is 40.9 Å². The van der Waals surface area contributed by atoms with E-state index in [-0.39, 0.29) is 5.56 Å². The van der Waals surface area contributed by atoms with Crippen LogP contribution in [0.4, 0.5) is 11.4 Å². The van der Waals surface area contributed by atoms with Crippen molar-refractivity contribution >= 4 is 28.9 Å². The van der Waals surface area contributed by atoms with E-state index in [2.05, 4.69) is 10.5 Å². The van der Waals surface area contributed by atoms with Gasteiger partial charge in [0.2, 0.25) is 0 Å². The molecular weight excluding hydrogens is 340 g/mol. The summed E-state index contributed by atoms with van der Waals surface area (Å²) in [7, 11) is 0. The molecule has 25 heavy (non-hydrogen) atoms. The Labute approximate surface area is 150 Å². The normalized spacial score (nSPS) is 10.7. The summed E-state index contributed by atoms with van der Waals surface area (Å²) in [5.41, 5.74) is 4.87. The van der Waals surface area contributed by atoms with Crippen LogP contribution < -0.4 is 5.32 Å². The number of carboxylic acid groups (broad SMARTS) is 1. The van der Waals surface area contributed by atoms with Gasteiger partial charge in [0, 0.05) is 5.56 Å². The summed E-state index contributed by atoms with van der Waals surface area (Å²) in [6, 6.07) is 10.5. The zero-order chi connectivity index (χ0) is 18.1. The van der Waals surface area contributed by atoms with Crippen LogP contribution in [0.1, 0.15) is 27.4 Å². The molecule has 0 saturated carbocycles. The van der Waals surface area contributed by atoms with Crippen molar-refractivity contribution < 1.29 is 14.4 Å². The molecular formula is C19H17ClN2O3. The van der Waals surface area contributed by atoms with E-state index in [1.807, 2.05) is 32.9 Å². The van der Waals surface area contributed by atoms with Gasteiger partial charge in [-0.3, -0.25) is 0 Å². The van der Waals surface area contributed by atoms with Gasteiger partial charge in [-0.1, -0.05) is 28.9 Å². The Bertz CT molecular complexity index is 921. The summed E-state index contributed by atoms with van der Waals surface area (Å²) in [5, 5.41) is 16.9. The number of para-hydroxylation sites is 1. The van der Waals surface area contributed by atoms with Gasteiger partial charge < -0.3 is 14.9 Å². The highest BCUT2D eigenvalue weighted by Crippen LogP contribution is 2.36. The van der Waals surface area contributed by atoms with Gasteiger partial charge in [0.1, 0.15) is 5.76 Å². The average Bonchev–Trinajstić information content (AvgIpc) is 2.89. The first-order valence-corrected chi connectivity index (χ1v) is 8.09. The van der Waals surface area contributed by atoms with E-state index in [0.29, 0.717) is 16.4 Å². The number of carboxylic acids is 1. The van der Waals surface area contributed by atoms with Crippen LogP contribution in [-0.4, -0.2) is 16.2 Å². The van der Waals surface area contributed by atoms with Crippen molar-refractivity contribution in [1.29, 1.82) is 0 Å². The summed E-state index contributed by atoms with van der Waals surface area (Å²) in [6.07, 6.45) is 0. The number of aryl methyl sites for hydroxylation is 3. The van der Waals surface area contributed by atoms with E-state index in [4.69, 9.17) is 16.1 Å². The van der Waals surface area contributed by atoms with Gasteiger partial charge in [0.25, 0.3) is 0 Å². The Morgan fingerprint density at radius 3 is 2.52 bits per heavy atom. The van der Waals surface area contributed by atoms with E-state index in [1.165, 1.54) is 0 Å². The second-order valence-corrected chi connectivity index (χ2v) is 6.23. The van der Waals surface area contributed by atoms with E-state index in [1.54, 1.807) is 24.3 Å². The maximum atomic E-state index is 11.4. The molecule has 0 amide bonds. The smallest absolute Gasteiger partial charge is 0.337 e. The van der Waals surface area contributed by atoms with Gasteiger partial charge in [-0.2, -0.15) is 0 Å². The highest BCUT2D eigenvalue weighted by atomic mass is 35.5. The summed E-state index contributed by atoms with van der Waals surface area (Å²) < 4.78 is 5.22. The largest absolute Gasteiger partial charge is 0.478 e. The number of aromatic nitrogens is 1. The van der Waals surface area contributed by atoms with Crippen molar-refractivity contribution in [2.24, 2.45) is 0 Å². The molecule has 3 rings (SSSR count). The van der Waals surface area contributed by atoms with Crippen LogP contribution in [0.3, 0.4) is 0 Å². The fourth-order valence-electron chi connectivity index (χ4n) is 2.86. The molecule has 1 aromatic heterocycles. The first-order valence-electron chi connectivity index (χ1n) is 7.71. The van der Waals surface area contributed by atoms with Crippen molar-refractivity contribution in [3.05, 3.63) is 64.0 Å². The zero-order valence-electron chi connectivity index (χ0n) is 14.1. The lowest BCUT2D eigenvalue weighted by molar-refractivity contribution is 0.0698. The minimum Gasteiger partial charge on any atom is -0.478 e. The molecule has 5 nitrogen and oxygen atoms in total. The average molecular weight is 357 g/mol. The Morgan fingerprint density at radius 1 is 1.20 bits per heavy atom. The first kappa shape index (κ1) is 17.0. The van der Waals surface area contributed by atoms with Crippen LogP contribution in [0.5, 0.6) is 0 Å². The Kier molecular flexibility index (Phi) is 4.51. The number of rotatable bonds is 4. The van der Waals surface area contributed by atoms with Crippen LogP contribution in [0.25, 0.3) is 11.1 Å². The van der Waals surface area contributed by atoms with E-state index >= 15 is 0 Å². The third kappa shape index (κ3) is 3.23. The lowest BCUT2D eigenvalue weighted by atomic mass is 10.0. The van der Waals surface area contributed by atoms with E-state index in [9.17, 15) is 9.90 Å². The Morgan fingerprint density at radius 2 is 1.92 bits per heavy atom. The summed E-state index contributed by atoms with van der Waals surface area (Å²) in [5.74, 6) is -0.269. The molecule has 6 heteroatoms. The van der Waals surface area contributed by atoms with Crippen LogP contribution in [0, 0.1) is 20.8 Å². The molecule has 0 bridgehead atoms. The number of aromatic carboxylic acids is 1. The number of nitrogens with one attached hydrogen (secondary N) is 1. The third-order valence-electron chi connectivity index (χ3n) is 4.03. The van der Waals surface area contributed by atoms with Crippen LogP contribution >= 0.6 is 11.6 Å². The summed E-state index contributed by atoms with van der Waals surface area (Å²) in [4.78, 5) is 11.4. The van der Waals surface area contributed by atoms with Gasteiger partial charge in [-0.05, 0) is 56.2 Å². The summed E-state index contributed by atoms with van der Waals surface area (Å²) >= 11 is 6.48.